The lowest BCUT2D eigenvalue weighted by atomic mass is 9.86. The zero-order chi connectivity index (χ0) is 17.3. The van der Waals surface area contributed by atoms with Crippen molar-refractivity contribution in [1.29, 1.82) is 0 Å². The van der Waals surface area contributed by atoms with Crippen LogP contribution in [0.3, 0.4) is 0 Å². The fraction of sp³-hybridized carbons (Fsp3) is 0.450. The maximum Gasteiger partial charge on any atom is 0.307 e. The summed E-state index contributed by atoms with van der Waals surface area (Å²) in [6, 6.07) is 12.5. The van der Waals surface area contributed by atoms with Crippen LogP contribution in [0.1, 0.15) is 38.5 Å². The summed E-state index contributed by atoms with van der Waals surface area (Å²) >= 11 is 0. The highest BCUT2D eigenvalue weighted by atomic mass is 16.4. The van der Waals surface area contributed by atoms with Gasteiger partial charge < -0.3 is 9.52 Å². The predicted octanol–water partition coefficient (Wildman–Crippen LogP) is 4.15. The van der Waals surface area contributed by atoms with E-state index in [1.807, 2.05) is 12.1 Å². The highest BCUT2D eigenvalue weighted by Gasteiger charge is 2.28. The number of rotatable bonds is 4. The van der Waals surface area contributed by atoms with Crippen molar-refractivity contribution in [2.45, 2.75) is 39.2 Å². The van der Waals surface area contributed by atoms with Gasteiger partial charge in [-0.25, -0.2) is 0 Å². The van der Waals surface area contributed by atoms with Gasteiger partial charge in [-0.05, 0) is 36.1 Å². The summed E-state index contributed by atoms with van der Waals surface area (Å²) in [5, 5.41) is 9.08. The Balaban J connectivity index is 1.66. The van der Waals surface area contributed by atoms with Crippen molar-refractivity contribution in [2.75, 3.05) is 13.1 Å². The molecule has 1 aromatic heterocycles. The molecule has 1 unspecified atom stereocenters. The quantitative estimate of drug-likeness (QED) is 0.916. The maximum absolute atomic E-state index is 11.0. The van der Waals surface area contributed by atoms with Gasteiger partial charge in [0, 0.05) is 12.1 Å². The molecule has 0 saturated carbocycles. The number of hydrogen-bond donors (Lipinski definition) is 1. The van der Waals surface area contributed by atoms with E-state index in [2.05, 4.69) is 49.9 Å². The molecule has 1 saturated heterocycles. The van der Waals surface area contributed by atoms with E-state index in [0.717, 1.165) is 30.0 Å². The molecule has 128 valence electrons. The van der Waals surface area contributed by atoms with E-state index < -0.39 is 5.97 Å². The second kappa shape index (κ2) is 6.44. The molecule has 24 heavy (non-hydrogen) atoms. The molecule has 4 nitrogen and oxygen atoms in total. The van der Waals surface area contributed by atoms with E-state index >= 15 is 0 Å². The Bertz CT molecular complexity index is 709. The van der Waals surface area contributed by atoms with Crippen LogP contribution in [-0.4, -0.2) is 29.1 Å². The van der Waals surface area contributed by atoms with Crippen molar-refractivity contribution in [3.8, 4) is 11.3 Å². The summed E-state index contributed by atoms with van der Waals surface area (Å²) in [6.07, 6.45) is 0.719. The molecule has 2 heterocycles. The van der Waals surface area contributed by atoms with Crippen molar-refractivity contribution < 1.29 is 14.3 Å². The smallest absolute Gasteiger partial charge is 0.307 e. The maximum atomic E-state index is 11.0. The highest BCUT2D eigenvalue weighted by molar-refractivity contribution is 5.70. The molecule has 2 aromatic rings. The Morgan fingerprint density at radius 1 is 1.21 bits per heavy atom. The van der Waals surface area contributed by atoms with Gasteiger partial charge in [0.05, 0.1) is 12.5 Å². The number of furan rings is 1. The van der Waals surface area contributed by atoms with Crippen molar-refractivity contribution in [2.24, 2.45) is 5.92 Å². The highest BCUT2D eigenvalue weighted by Crippen LogP contribution is 2.28. The van der Waals surface area contributed by atoms with Crippen LogP contribution in [0.5, 0.6) is 0 Å². The minimum Gasteiger partial charge on any atom is -0.481 e. The summed E-state index contributed by atoms with van der Waals surface area (Å²) in [6.45, 7) is 8.69. The van der Waals surface area contributed by atoms with Crippen molar-refractivity contribution in [3.63, 3.8) is 0 Å². The van der Waals surface area contributed by atoms with Gasteiger partial charge in [-0.3, -0.25) is 9.69 Å². The third-order valence-electron chi connectivity index (χ3n) is 4.70. The molecule has 0 radical (unpaired) electrons. The number of carbonyl (C=O) groups is 1. The molecule has 0 bridgehead atoms. The first kappa shape index (κ1) is 16.8. The molecule has 0 amide bonds. The van der Waals surface area contributed by atoms with E-state index in [-0.39, 0.29) is 11.3 Å². The zero-order valence-corrected chi connectivity index (χ0v) is 14.6. The van der Waals surface area contributed by atoms with E-state index in [4.69, 9.17) is 9.52 Å². The van der Waals surface area contributed by atoms with E-state index in [1.54, 1.807) is 0 Å². The lowest BCUT2D eigenvalue weighted by Crippen LogP contribution is -2.22. The molecule has 1 aromatic carbocycles. The van der Waals surface area contributed by atoms with Gasteiger partial charge in [0.1, 0.15) is 11.5 Å². The Hall–Kier alpha value is -2.07. The number of aliphatic carboxylic acids is 1. The zero-order valence-electron chi connectivity index (χ0n) is 14.6. The molecule has 0 spiro atoms. The fourth-order valence-corrected chi connectivity index (χ4v) is 3.15. The lowest BCUT2D eigenvalue weighted by Gasteiger charge is -2.18. The van der Waals surface area contributed by atoms with Gasteiger partial charge in [0.25, 0.3) is 0 Å². The molecule has 0 aliphatic carbocycles. The van der Waals surface area contributed by atoms with Crippen LogP contribution in [0.2, 0.25) is 0 Å². The summed E-state index contributed by atoms with van der Waals surface area (Å²) in [4.78, 5) is 13.2. The number of likely N-dealkylation sites (tertiary alicyclic amines) is 1. The number of hydrogen-bond acceptors (Lipinski definition) is 3. The third-order valence-corrected chi connectivity index (χ3v) is 4.70. The number of carboxylic acid groups (broad SMARTS) is 1. The first-order valence-corrected chi connectivity index (χ1v) is 8.48. The van der Waals surface area contributed by atoms with Crippen LogP contribution in [0.25, 0.3) is 11.3 Å². The number of nitrogens with zero attached hydrogens (tertiary/aromatic N) is 1. The Morgan fingerprint density at radius 3 is 2.50 bits per heavy atom. The second-order valence-corrected chi connectivity index (χ2v) is 7.65. The van der Waals surface area contributed by atoms with E-state index in [1.165, 1.54) is 5.56 Å². The summed E-state index contributed by atoms with van der Waals surface area (Å²) in [5.41, 5.74) is 2.51. The molecule has 4 heteroatoms. The Labute approximate surface area is 143 Å². The van der Waals surface area contributed by atoms with Gasteiger partial charge >= 0.3 is 5.97 Å². The average Bonchev–Trinajstić information content (AvgIpc) is 3.16. The van der Waals surface area contributed by atoms with Crippen molar-refractivity contribution in [3.05, 3.63) is 47.7 Å². The average molecular weight is 327 g/mol. The number of carboxylic acids is 1. The summed E-state index contributed by atoms with van der Waals surface area (Å²) in [7, 11) is 0. The van der Waals surface area contributed by atoms with Crippen LogP contribution in [0.4, 0.5) is 0 Å². The van der Waals surface area contributed by atoms with Gasteiger partial charge in [-0.1, -0.05) is 45.0 Å². The Morgan fingerprint density at radius 2 is 1.92 bits per heavy atom. The third kappa shape index (κ3) is 3.70. The SMILES string of the molecule is CC(C)(C)c1ccc(-c2ccc(CN3CCC(C(=O)O)C3)o2)cc1. The first-order chi connectivity index (χ1) is 11.3. The minimum absolute atomic E-state index is 0.142. The molecule has 3 rings (SSSR count). The van der Waals surface area contributed by atoms with E-state index in [0.29, 0.717) is 13.1 Å². The van der Waals surface area contributed by atoms with Crippen LogP contribution in [0.15, 0.2) is 40.8 Å². The second-order valence-electron chi connectivity index (χ2n) is 7.65. The fourth-order valence-electron chi connectivity index (χ4n) is 3.15. The normalized spacial score (nSPS) is 18.9. The summed E-state index contributed by atoms with van der Waals surface area (Å²) in [5.74, 6) is 0.802. The standard InChI is InChI=1S/C20H25NO3/c1-20(2,3)16-6-4-14(5-7-16)18-9-8-17(24-18)13-21-11-10-15(12-21)19(22)23/h4-9,15H,10-13H2,1-3H3,(H,22,23). The van der Waals surface area contributed by atoms with Crippen LogP contribution < -0.4 is 0 Å². The van der Waals surface area contributed by atoms with Crippen LogP contribution in [0, 0.1) is 5.92 Å². The van der Waals surface area contributed by atoms with Gasteiger partial charge in [0.15, 0.2) is 0 Å². The lowest BCUT2D eigenvalue weighted by molar-refractivity contribution is -0.141. The molecule has 1 fully saturated rings. The van der Waals surface area contributed by atoms with Crippen LogP contribution in [-0.2, 0) is 16.8 Å². The molecule has 1 N–H and O–H groups in total. The molecular formula is C20H25NO3. The molecular weight excluding hydrogens is 302 g/mol. The Kier molecular flexibility index (Phi) is 4.50. The van der Waals surface area contributed by atoms with Gasteiger partial charge in [-0.2, -0.15) is 0 Å². The largest absolute Gasteiger partial charge is 0.481 e. The molecule has 1 aliphatic rings. The minimum atomic E-state index is -0.698. The van der Waals surface area contributed by atoms with Crippen LogP contribution >= 0.6 is 0 Å². The van der Waals surface area contributed by atoms with Gasteiger partial charge in [-0.15, -0.1) is 0 Å². The van der Waals surface area contributed by atoms with Gasteiger partial charge in [0.2, 0.25) is 0 Å². The predicted molar refractivity (Wildman–Crippen MR) is 93.9 cm³/mol. The molecule has 1 aliphatic heterocycles. The van der Waals surface area contributed by atoms with Crippen molar-refractivity contribution >= 4 is 5.97 Å². The van der Waals surface area contributed by atoms with E-state index in [9.17, 15) is 4.79 Å². The topological polar surface area (TPSA) is 53.7 Å². The molecule has 1 atom stereocenters. The van der Waals surface area contributed by atoms with Crippen molar-refractivity contribution in [1.82, 2.24) is 4.90 Å². The number of benzene rings is 1. The first-order valence-electron chi connectivity index (χ1n) is 8.48. The monoisotopic (exact) mass is 327 g/mol. The summed E-state index contributed by atoms with van der Waals surface area (Å²) < 4.78 is 5.96.